The van der Waals surface area contributed by atoms with Crippen molar-refractivity contribution in [3.05, 3.63) is 76.8 Å². The van der Waals surface area contributed by atoms with Crippen molar-refractivity contribution in [2.24, 2.45) is 5.10 Å². The van der Waals surface area contributed by atoms with E-state index in [1.165, 1.54) is 5.56 Å². The summed E-state index contributed by atoms with van der Waals surface area (Å²) in [5, 5.41) is 4.73. The lowest BCUT2D eigenvalue weighted by Crippen LogP contribution is -2.48. The zero-order chi connectivity index (χ0) is 19.6. The van der Waals surface area contributed by atoms with Crippen LogP contribution >= 0.6 is 11.6 Å². The summed E-state index contributed by atoms with van der Waals surface area (Å²) in [5.41, 5.74) is 4.94. The van der Waals surface area contributed by atoms with Gasteiger partial charge in [-0.05, 0) is 29.3 Å². The number of hydrazone groups is 1. The van der Waals surface area contributed by atoms with Crippen molar-refractivity contribution in [1.29, 1.82) is 0 Å². The maximum absolute atomic E-state index is 12.0. The van der Waals surface area contributed by atoms with Crippen LogP contribution in [0.1, 0.15) is 11.1 Å². The van der Waals surface area contributed by atoms with Gasteiger partial charge in [-0.2, -0.15) is 5.10 Å². The largest absolute Gasteiger partial charge is 0.297 e. The maximum atomic E-state index is 12.0. The van der Waals surface area contributed by atoms with Crippen molar-refractivity contribution >= 4 is 29.8 Å². The standard InChI is InChI=1S/C22H25ClN4O/c23-21-10-8-20(9-11-21)17-26-13-15-27(16-14-26)18-22(28)25-24-12-4-7-19-5-2-1-3-6-19/h1-12H,13-18H2,(H,25,28). The van der Waals surface area contributed by atoms with E-state index in [0.717, 1.165) is 43.3 Å². The van der Waals surface area contributed by atoms with E-state index >= 15 is 0 Å². The zero-order valence-electron chi connectivity index (χ0n) is 15.8. The minimum absolute atomic E-state index is 0.0875. The van der Waals surface area contributed by atoms with Crippen LogP contribution in [0, 0.1) is 0 Å². The van der Waals surface area contributed by atoms with E-state index in [2.05, 4.69) is 32.5 Å². The lowest BCUT2D eigenvalue weighted by molar-refractivity contribution is -0.122. The molecule has 0 aromatic heterocycles. The van der Waals surface area contributed by atoms with Gasteiger partial charge in [-0.15, -0.1) is 0 Å². The van der Waals surface area contributed by atoms with E-state index in [1.54, 1.807) is 6.21 Å². The molecule has 0 saturated carbocycles. The third kappa shape index (κ3) is 6.93. The average molecular weight is 397 g/mol. The highest BCUT2D eigenvalue weighted by atomic mass is 35.5. The van der Waals surface area contributed by atoms with Crippen LogP contribution in [0.25, 0.3) is 6.08 Å². The molecule has 5 nitrogen and oxygen atoms in total. The molecule has 0 atom stereocenters. The number of halogens is 1. The van der Waals surface area contributed by atoms with Gasteiger partial charge >= 0.3 is 0 Å². The Kier molecular flexibility index (Phi) is 7.79. The maximum Gasteiger partial charge on any atom is 0.254 e. The lowest BCUT2D eigenvalue weighted by atomic mass is 10.2. The zero-order valence-corrected chi connectivity index (χ0v) is 16.6. The van der Waals surface area contributed by atoms with Gasteiger partial charge in [-0.1, -0.05) is 60.1 Å². The van der Waals surface area contributed by atoms with E-state index < -0.39 is 0 Å². The second kappa shape index (κ2) is 10.8. The number of carbonyl (C=O) groups is 1. The summed E-state index contributed by atoms with van der Waals surface area (Å²) in [6.45, 7) is 4.92. The third-order valence-corrected chi connectivity index (χ3v) is 4.84. The van der Waals surface area contributed by atoms with Crippen molar-refractivity contribution in [2.45, 2.75) is 6.54 Å². The summed E-state index contributed by atoms with van der Waals surface area (Å²) < 4.78 is 0. The van der Waals surface area contributed by atoms with Gasteiger partial charge in [-0.3, -0.25) is 14.6 Å². The summed E-state index contributed by atoms with van der Waals surface area (Å²) in [6.07, 6.45) is 5.34. The second-order valence-electron chi connectivity index (χ2n) is 6.76. The van der Waals surface area contributed by atoms with Crippen LogP contribution in [-0.2, 0) is 11.3 Å². The minimum atomic E-state index is -0.0875. The Balaban J connectivity index is 1.33. The first-order chi connectivity index (χ1) is 13.7. The predicted octanol–water partition coefficient (Wildman–Crippen LogP) is 3.27. The Morgan fingerprint density at radius 1 is 1.00 bits per heavy atom. The smallest absolute Gasteiger partial charge is 0.254 e. The Hall–Kier alpha value is -2.47. The van der Waals surface area contributed by atoms with Crippen LogP contribution in [0.4, 0.5) is 0 Å². The molecule has 1 N–H and O–H groups in total. The Labute approximate surface area is 171 Å². The highest BCUT2D eigenvalue weighted by Crippen LogP contribution is 2.12. The molecule has 1 aliphatic heterocycles. The van der Waals surface area contributed by atoms with Crippen molar-refractivity contribution in [3.8, 4) is 0 Å². The number of benzene rings is 2. The molecule has 146 valence electrons. The van der Waals surface area contributed by atoms with Crippen LogP contribution in [0.5, 0.6) is 0 Å². The van der Waals surface area contributed by atoms with Crippen molar-refractivity contribution in [2.75, 3.05) is 32.7 Å². The molecule has 6 heteroatoms. The number of rotatable bonds is 7. The molecule has 0 radical (unpaired) electrons. The highest BCUT2D eigenvalue weighted by molar-refractivity contribution is 6.30. The molecule has 0 spiro atoms. The molecule has 1 fully saturated rings. The molecule has 1 amide bonds. The van der Waals surface area contributed by atoms with Crippen LogP contribution < -0.4 is 5.43 Å². The first-order valence-corrected chi connectivity index (χ1v) is 9.79. The van der Waals surface area contributed by atoms with E-state index in [4.69, 9.17) is 11.6 Å². The number of carbonyl (C=O) groups excluding carboxylic acids is 1. The normalized spacial score (nSPS) is 16.0. The summed E-state index contributed by atoms with van der Waals surface area (Å²) in [6, 6.07) is 17.9. The topological polar surface area (TPSA) is 47.9 Å². The van der Waals surface area contributed by atoms with Gasteiger partial charge in [0.2, 0.25) is 0 Å². The molecule has 3 rings (SSSR count). The first kappa shape index (κ1) is 20.3. The van der Waals surface area contributed by atoms with Gasteiger partial charge in [0.05, 0.1) is 6.54 Å². The fourth-order valence-electron chi connectivity index (χ4n) is 3.06. The molecular weight excluding hydrogens is 372 g/mol. The third-order valence-electron chi connectivity index (χ3n) is 4.59. The Morgan fingerprint density at radius 3 is 2.39 bits per heavy atom. The van der Waals surface area contributed by atoms with Gasteiger partial charge in [0, 0.05) is 44.0 Å². The molecular formula is C22H25ClN4O. The predicted molar refractivity (Wildman–Crippen MR) is 115 cm³/mol. The lowest BCUT2D eigenvalue weighted by Gasteiger charge is -2.34. The number of nitrogens with one attached hydrogen (secondary N) is 1. The van der Waals surface area contributed by atoms with Crippen molar-refractivity contribution < 1.29 is 4.79 Å². The Morgan fingerprint density at radius 2 is 1.68 bits per heavy atom. The fraction of sp³-hybridized carbons (Fsp3) is 0.273. The van der Waals surface area contributed by atoms with Crippen molar-refractivity contribution in [1.82, 2.24) is 15.2 Å². The minimum Gasteiger partial charge on any atom is -0.297 e. The summed E-state index contributed by atoms with van der Waals surface area (Å²) in [7, 11) is 0. The first-order valence-electron chi connectivity index (χ1n) is 9.42. The number of piperazine rings is 1. The van der Waals surface area contributed by atoms with Crippen LogP contribution in [0.3, 0.4) is 0 Å². The Bertz CT molecular complexity index is 797. The molecule has 1 heterocycles. The summed E-state index contributed by atoms with van der Waals surface area (Å²) in [5.74, 6) is -0.0875. The van der Waals surface area contributed by atoms with E-state index in [1.807, 2.05) is 54.6 Å². The van der Waals surface area contributed by atoms with Gasteiger partial charge in [0.25, 0.3) is 5.91 Å². The summed E-state index contributed by atoms with van der Waals surface area (Å²) in [4.78, 5) is 16.6. The monoisotopic (exact) mass is 396 g/mol. The number of allylic oxidation sites excluding steroid dienone is 1. The molecule has 1 saturated heterocycles. The highest BCUT2D eigenvalue weighted by Gasteiger charge is 2.18. The molecule has 0 unspecified atom stereocenters. The quantitative estimate of drug-likeness (QED) is 0.577. The van der Waals surface area contributed by atoms with Crippen LogP contribution in [0.2, 0.25) is 5.02 Å². The SMILES string of the molecule is O=C(CN1CCN(Cc2ccc(Cl)cc2)CC1)NN=CC=Cc1ccccc1. The van der Waals surface area contributed by atoms with E-state index in [9.17, 15) is 4.79 Å². The van der Waals surface area contributed by atoms with Gasteiger partial charge < -0.3 is 0 Å². The molecule has 28 heavy (non-hydrogen) atoms. The average Bonchev–Trinajstić information content (AvgIpc) is 2.72. The number of hydrogen-bond donors (Lipinski definition) is 1. The number of hydrogen-bond acceptors (Lipinski definition) is 4. The van der Waals surface area contributed by atoms with Gasteiger partial charge in [0.15, 0.2) is 0 Å². The van der Waals surface area contributed by atoms with Gasteiger partial charge in [-0.25, -0.2) is 5.43 Å². The molecule has 2 aromatic rings. The summed E-state index contributed by atoms with van der Waals surface area (Å²) >= 11 is 5.93. The van der Waals surface area contributed by atoms with Crippen LogP contribution in [-0.4, -0.2) is 54.6 Å². The van der Waals surface area contributed by atoms with Crippen LogP contribution in [0.15, 0.2) is 65.8 Å². The molecule has 0 bridgehead atoms. The van der Waals surface area contributed by atoms with E-state index in [-0.39, 0.29) is 5.91 Å². The molecule has 1 aliphatic rings. The number of nitrogens with zero attached hydrogens (tertiary/aromatic N) is 3. The fourth-order valence-corrected chi connectivity index (χ4v) is 3.19. The molecule has 2 aromatic carbocycles. The van der Waals surface area contributed by atoms with Gasteiger partial charge in [0.1, 0.15) is 0 Å². The molecule has 0 aliphatic carbocycles. The number of amides is 1. The van der Waals surface area contributed by atoms with E-state index in [0.29, 0.717) is 6.54 Å². The second-order valence-corrected chi connectivity index (χ2v) is 7.20. The van der Waals surface area contributed by atoms with Crippen molar-refractivity contribution in [3.63, 3.8) is 0 Å².